The average molecular weight is 276 g/mol. The van der Waals surface area contributed by atoms with E-state index in [0.717, 1.165) is 11.4 Å². The first-order valence-corrected chi connectivity index (χ1v) is 6.55. The Labute approximate surface area is 113 Å². The standard InChI is InChI=1S/C12H22ClN3O2/c1-5-17-12(18-6-2)9(14)7-10-11(13)8(3)15-16(10)4/h9,12H,5-7,14H2,1-4H3. The minimum Gasteiger partial charge on any atom is -0.351 e. The zero-order chi connectivity index (χ0) is 13.7. The minimum absolute atomic E-state index is 0.266. The highest BCUT2D eigenvalue weighted by molar-refractivity contribution is 6.31. The van der Waals surface area contributed by atoms with Gasteiger partial charge in [0.1, 0.15) is 0 Å². The van der Waals surface area contributed by atoms with E-state index in [-0.39, 0.29) is 6.04 Å². The molecule has 5 nitrogen and oxygen atoms in total. The predicted molar refractivity (Wildman–Crippen MR) is 71.7 cm³/mol. The number of hydrogen-bond donors (Lipinski definition) is 1. The summed E-state index contributed by atoms with van der Waals surface area (Å²) in [4.78, 5) is 0. The van der Waals surface area contributed by atoms with Crippen LogP contribution in [-0.4, -0.2) is 35.3 Å². The van der Waals surface area contributed by atoms with Crippen LogP contribution in [0.4, 0.5) is 0 Å². The molecule has 0 radical (unpaired) electrons. The Morgan fingerprint density at radius 2 is 1.89 bits per heavy atom. The lowest BCUT2D eigenvalue weighted by molar-refractivity contribution is -0.148. The summed E-state index contributed by atoms with van der Waals surface area (Å²) >= 11 is 6.20. The Hall–Kier alpha value is -0.620. The van der Waals surface area contributed by atoms with Gasteiger partial charge >= 0.3 is 0 Å². The number of aryl methyl sites for hydroxylation is 2. The van der Waals surface area contributed by atoms with Crippen molar-refractivity contribution >= 4 is 11.6 Å². The summed E-state index contributed by atoms with van der Waals surface area (Å²) in [5, 5.41) is 4.93. The predicted octanol–water partition coefficient (Wildman–Crippen LogP) is 1.65. The lowest BCUT2D eigenvalue weighted by atomic mass is 10.1. The molecular formula is C12H22ClN3O2. The maximum absolute atomic E-state index is 6.20. The van der Waals surface area contributed by atoms with Crippen molar-refractivity contribution in [2.24, 2.45) is 12.8 Å². The van der Waals surface area contributed by atoms with E-state index in [1.165, 1.54) is 0 Å². The zero-order valence-electron chi connectivity index (χ0n) is 11.4. The van der Waals surface area contributed by atoms with Gasteiger partial charge in [-0.3, -0.25) is 4.68 Å². The van der Waals surface area contributed by atoms with Crippen LogP contribution in [0.15, 0.2) is 0 Å². The molecule has 1 aromatic heterocycles. The number of ether oxygens (including phenoxy) is 2. The van der Waals surface area contributed by atoms with Gasteiger partial charge in [-0.15, -0.1) is 0 Å². The SMILES string of the molecule is CCOC(OCC)C(N)Cc1c(Cl)c(C)nn1C. The van der Waals surface area contributed by atoms with Crippen LogP contribution in [0.25, 0.3) is 0 Å². The molecule has 2 N–H and O–H groups in total. The second-order valence-electron chi connectivity index (χ2n) is 4.12. The van der Waals surface area contributed by atoms with E-state index >= 15 is 0 Å². The monoisotopic (exact) mass is 275 g/mol. The Kier molecular flexibility index (Phi) is 6.08. The van der Waals surface area contributed by atoms with E-state index in [9.17, 15) is 0 Å². The molecule has 1 aromatic rings. The molecule has 0 fully saturated rings. The van der Waals surface area contributed by atoms with Gasteiger partial charge in [-0.1, -0.05) is 11.6 Å². The minimum atomic E-state index is -0.411. The molecule has 0 spiro atoms. The van der Waals surface area contributed by atoms with Crippen LogP contribution >= 0.6 is 11.6 Å². The summed E-state index contributed by atoms with van der Waals surface area (Å²) in [5.41, 5.74) is 7.84. The molecule has 0 amide bonds. The summed E-state index contributed by atoms with van der Waals surface area (Å²) in [7, 11) is 1.86. The van der Waals surface area contributed by atoms with Crippen molar-refractivity contribution in [2.45, 2.75) is 39.5 Å². The van der Waals surface area contributed by atoms with Gasteiger partial charge in [0.05, 0.1) is 22.5 Å². The van der Waals surface area contributed by atoms with Crippen molar-refractivity contribution < 1.29 is 9.47 Å². The van der Waals surface area contributed by atoms with Crippen LogP contribution in [-0.2, 0) is 22.9 Å². The average Bonchev–Trinajstić information content (AvgIpc) is 2.55. The molecule has 0 aliphatic rings. The normalized spacial score (nSPS) is 13.3. The summed E-state index contributed by atoms with van der Waals surface area (Å²) in [6.07, 6.45) is 0.159. The Morgan fingerprint density at radius 3 is 2.28 bits per heavy atom. The highest BCUT2D eigenvalue weighted by Gasteiger charge is 2.22. The lowest BCUT2D eigenvalue weighted by Gasteiger charge is -2.23. The largest absolute Gasteiger partial charge is 0.351 e. The smallest absolute Gasteiger partial charge is 0.172 e. The van der Waals surface area contributed by atoms with Crippen LogP contribution in [0.3, 0.4) is 0 Å². The Bertz CT molecular complexity index is 376. The summed E-state index contributed by atoms with van der Waals surface area (Å²) in [6.45, 7) is 6.84. The van der Waals surface area contributed by atoms with Gasteiger partial charge in [0.2, 0.25) is 0 Å². The summed E-state index contributed by atoms with van der Waals surface area (Å²) in [5.74, 6) is 0. The van der Waals surface area contributed by atoms with E-state index in [1.807, 2.05) is 27.8 Å². The highest BCUT2D eigenvalue weighted by atomic mass is 35.5. The second-order valence-corrected chi connectivity index (χ2v) is 4.49. The maximum atomic E-state index is 6.20. The first-order valence-electron chi connectivity index (χ1n) is 6.17. The van der Waals surface area contributed by atoms with Gasteiger partial charge in [0.25, 0.3) is 0 Å². The van der Waals surface area contributed by atoms with Crippen LogP contribution < -0.4 is 5.73 Å². The zero-order valence-corrected chi connectivity index (χ0v) is 12.2. The molecule has 0 aromatic carbocycles. The number of hydrogen-bond acceptors (Lipinski definition) is 4. The Balaban J connectivity index is 2.75. The van der Waals surface area contributed by atoms with E-state index in [1.54, 1.807) is 4.68 Å². The Morgan fingerprint density at radius 1 is 1.33 bits per heavy atom. The quantitative estimate of drug-likeness (QED) is 0.769. The van der Waals surface area contributed by atoms with Crippen molar-refractivity contribution in [1.29, 1.82) is 0 Å². The molecule has 1 unspecified atom stereocenters. The molecule has 0 saturated carbocycles. The van der Waals surface area contributed by atoms with Crippen LogP contribution in [0, 0.1) is 6.92 Å². The van der Waals surface area contributed by atoms with E-state index in [4.69, 9.17) is 26.8 Å². The fraction of sp³-hybridized carbons (Fsp3) is 0.750. The number of rotatable bonds is 7. The van der Waals surface area contributed by atoms with Gasteiger partial charge in [0, 0.05) is 26.7 Å². The summed E-state index contributed by atoms with van der Waals surface area (Å²) in [6, 6.07) is -0.266. The van der Waals surface area contributed by atoms with E-state index < -0.39 is 6.29 Å². The number of halogens is 1. The molecule has 0 bridgehead atoms. The molecule has 1 atom stereocenters. The highest BCUT2D eigenvalue weighted by Crippen LogP contribution is 2.21. The third kappa shape index (κ3) is 3.68. The van der Waals surface area contributed by atoms with Crippen molar-refractivity contribution in [2.75, 3.05) is 13.2 Å². The number of nitrogens with two attached hydrogens (primary N) is 1. The topological polar surface area (TPSA) is 62.3 Å². The molecule has 6 heteroatoms. The van der Waals surface area contributed by atoms with Crippen molar-refractivity contribution in [1.82, 2.24) is 9.78 Å². The van der Waals surface area contributed by atoms with Gasteiger partial charge < -0.3 is 15.2 Å². The third-order valence-electron chi connectivity index (χ3n) is 2.70. The number of nitrogens with zero attached hydrogens (tertiary/aromatic N) is 2. The van der Waals surface area contributed by atoms with E-state index in [2.05, 4.69) is 5.10 Å². The van der Waals surface area contributed by atoms with Crippen molar-refractivity contribution in [3.05, 3.63) is 16.4 Å². The van der Waals surface area contributed by atoms with Gasteiger partial charge in [-0.2, -0.15) is 5.10 Å². The molecule has 0 saturated heterocycles. The molecular weight excluding hydrogens is 254 g/mol. The first-order chi connectivity index (χ1) is 8.51. The maximum Gasteiger partial charge on any atom is 0.172 e. The van der Waals surface area contributed by atoms with Crippen molar-refractivity contribution in [3.8, 4) is 0 Å². The summed E-state index contributed by atoms with van der Waals surface area (Å²) < 4.78 is 12.7. The van der Waals surface area contributed by atoms with Gasteiger partial charge in [0.15, 0.2) is 6.29 Å². The van der Waals surface area contributed by atoms with Crippen LogP contribution in [0.5, 0.6) is 0 Å². The fourth-order valence-corrected chi connectivity index (χ4v) is 2.08. The van der Waals surface area contributed by atoms with Crippen LogP contribution in [0.2, 0.25) is 5.02 Å². The molecule has 0 aliphatic carbocycles. The second kappa shape index (κ2) is 7.09. The first kappa shape index (κ1) is 15.4. The number of aromatic nitrogens is 2. The molecule has 104 valence electrons. The molecule has 1 rings (SSSR count). The lowest BCUT2D eigenvalue weighted by Crippen LogP contribution is -2.41. The third-order valence-corrected chi connectivity index (χ3v) is 3.19. The fourth-order valence-electron chi connectivity index (χ4n) is 1.85. The molecule has 18 heavy (non-hydrogen) atoms. The van der Waals surface area contributed by atoms with Crippen LogP contribution in [0.1, 0.15) is 25.2 Å². The van der Waals surface area contributed by atoms with E-state index in [0.29, 0.717) is 24.7 Å². The van der Waals surface area contributed by atoms with Gasteiger partial charge in [-0.05, 0) is 20.8 Å². The molecule has 0 aliphatic heterocycles. The van der Waals surface area contributed by atoms with Gasteiger partial charge in [-0.25, -0.2) is 0 Å². The van der Waals surface area contributed by atoms with Crippen molar-refractivity contribution in [3.63, 3.8) is 0 Å². The molecule has 1 heterocycles.